The minimum Gasteiger partial charge on any atom is -0.472 e. The molecule has 9 heteroatoms. The molecule has 0 radical (unpaired) electrons. The average molecular weight is 482 g/mol. The fourth-order valence-electron chi connectivity index (χ4n) is 3.96. The number of amides is 1. The normalized spacial score (nSPS) is 10.8. The molecule has 4 aromatic heterocycles. The molecule has 0 atom stereocenters. The van der Waals surface area contributed by atoms with Crippen molar-refractivity contribution in [2.24, 2.45) is 0 Å². The molecule has 0 unspecified atom stereocenters. The summed E-state index contributed by atoms with van der Waals surface area (Å²) >= 11 is 0. The lowest BCUT2D eigenvalue weighted by Crippen LogP contribution is -2.17. The van der Waals surface area contributed by atoms with Crippen LogP contribution in [-0.2, 0) is 17.8 Å². The Morgan fingerprint density at radius 1 is 1.06 bits per heavy atom. The van der Waals surface area contributed by atoms with Crippen molar-refractivity contribution in [3.63, 3.8) is 0 Å². The first kappa shape index (κ1) is 22.9. The first-order valence-corrected chi connectivity index (χ1v) is 11.2. The fraction of sp³-hybridized carbons (Fsp3) is 0.111. The molecular weight excluding hydrogens is 458 g/mol. The number of furan rings is 1. The van der Waals surface area contributed by atoms with E-state index >= 15 is 0 Å². The summed E-state index contributed by atoms with van der Waals surface area (Å²) in [5.41, 5.74) is 4.13. The van der Waals surface area contributed by atoms with Crippen molar-refractivity contribution in [2.75, 3.05) is 17.7 Å². The maximum Gasteiger partial charge on any atom is 0.356 e. The highest BCUT2D eigenvalue weighted by Crippen LogP contribution is 2.33. The van der Waals surface area contributed by atoms with Gasteiger partial charge in [-0.2, -0.15) is 0 Å². The van der Waals surface area contributed by atoms with E-state index in [0.29, 0.717) is 35.4 Å². The van der Waals surface area contributed by atoms with E-state index in [9.17, 15) is 9.59 Å². The average Bonchev–Trinajstić information content (AvgIpc) is 3.56. The van der Waals surface area contributed by atoms with Crippen LogP contribution in [0.2, 0.25) is 0 Å². The molecule has 180 valence electrons. The number of carbonyl (C=O) groups excluding carboxylic acids is 2. The Kier molecular flexibility index (Phi) is 6.44. The number of hydrogen-bond acceptors (Lipinski definition) is 7. The number of rotatable bonds is 8. The van der Waals surface area contributed by atoms with E-state index in [0.717, 1.165) is 16.8 Å². The van der Waals surface area contributed by atoms with Crippen LogP contribution in [0.4, 0.5) is 11.4 Å². The third kappa shape index (κ3) is 4.67. The summed E-state index contributed by atoms with van der Waals surface area (Å²) in [5, 5.41) is 6.82. The SMILES string of the molecule is COC(=O)c1c(NC(=O)c2ccoc2)c2cc(NCc3ccncc3)cnc2n1Cc1ccccc1. The number of benzene rings is 1. The Hall–Kier alpha value is -4.92. The zero-order chi connectivity index (χ0) is 24.9. The predicted octanol–water partition coefficient (Wildman–Crippen LogP) is 4.72. The zero-order valence-corrected chi connectivity index (χ0v) is 19.5. The fourth-order valence-corrected chi connectivity index (χ4v) is 3.96. The van der Waals surface area contributed by atoms with Crippen LogP contribution >= 0.6 is 0 Å². The number of ether oxygens (including phenoxy) is 1. The van der Waals surface area contributed by atoms with Crippen molar-refractivity contribution in [3.05, 3.63) is 108 Å². The lowest BCUT2D eigenvalue weighted by atomic mass is 10.2. The van der Waals surface area contributed by atoms with E-state index in [2.05, 4.69) is 20.6 Å². The van der Waals surface area contributed by atoms with Gasteiger partial charge in [-0.15, -0.1) is 0 Å². The van der Waals surface area contributed by atoms with Crippen molar-refractivity contribution < 1.29 is 18.7 Å². The Morgan fingerprint density at radius 3 is 2.58 bits per heavy atom. The number of aromatic nitrogens is 3. The number of fused-ring (bicyclic) bond motifs is 1. The van der Waals surface area contributed by atoms with Gasteiger partial charge in [-0.1, -0.05) is 30.3 Å². The number of nitrogens with zero attached hydrogens (tertiary/aromatic N) is 3. The van der Waals surface area contributed by atoms with Crippen LogP contribution in [0.1, 0.15) is 32.0 Å². The van der Waals surface area contributed by atoms with Gasteiger partial charge in [-0.3, -0.25) is 9.78 Å². The summed E-state index contributed by atoms with van der Waals surface area (Å²) in [7, 11) is 1.31. The van der Waals surface area contributed by atoms with Crippen LogP contribution in [0, 0.1) is 0 Å². The predicted molar refractivity (Wildman–Crippen MR) is 135 cm³/mol. The molecule has 0 aliphatic heterocycles. The molecule has 0 spiro atoms. The van der Waals surface area contributed by atoms with Gasteiger partial charge < -0.3 is 24.4 Å². The van der Waals surface area contributed by atoms with Gasteiger partial charge in [0.15, 0.2) is 5.69 Å². The second-order valence-electron chi connectivity index (χ2n) is 8.06. The number of anilines is 2. The smallest absolute Gasteiger partial charge is 0.356 e. The number of esters is 1. The molecule has 2 N–H and O–H groups in total. The maximum atomic E-state index is 13.0. The summed E-state index contributed by atoms with van der Waals surface area (Å²) in [5.74, 6) is -1.000. The van der Waals surface area contributed by atoms with Gasteiger partial charge >= 0.3 is 5.97 Å². The van der Waals surface area contributed by atoms with E-state index in [-0.39, 0.29) is 5.69 Å². The van der Waals surface area contributed by atoms with Crippen molar-refractivity contribution in [2.45, 2.75) is 13.1 Å². The van der Waals surface area contributed by atoms with E-state index in [1.54, 1.807) is 29.2 Å². The standard InChI is InChI=1S/C27H23N5O4/c1-35-27(34)24-23(31-26(33)20-9-12-36-17-20)22-13-21(29-14-18-7-10-28-11-8-18)15-30-25(22)32(24)16-19-5-3-2-4-6-19/h2-13,15,17,29H,14,16H2,1H3,(H,31,33). The van der Waals surface area contributed by atoms with Crippen molar-refractivity contribution in [1.82, 2.24) is 14.5 Å². The van der Waals surface area contributed by atoms with E-state index in [1.807, 2.05) is 48.5 Å². The third-order valence-electron chi connectivity index (χ3n) is 5.73. The molecule has 9 nitrogen and oxygen atoms in total. The molecular formula is C27H23N5O4. The molecule has 1 aromatic carbocycles. The Morgan fingerprint density at radius 2 is 1.86 bits per heavy atom. The second kappa shape index (κ2) is 10.1. The van der Waals surface area contributed by atoms with Crippen molar-refractivity contribution in [3.8, 4) is 0 Å². The summed E-state index contributed by atoms with van der Waals surface area (Å²) in [6, 6.07) is 16.9. The molecule has 0 saturated carbocycles. The van der Waals surface area contributed by atoms with Gasteiger partial charge in [0, 0.05) is 30.9 Å². The van der Waals surface area contributed by atoms with Gasteiger partial charge in [-0.25, -0.2) is 9.78 Å². The first-order valence-electron chi connectivity index (χ1n) is 11.2. The summed E-state index contributed by atoms with van der Waals surface area (Å²) in [6.07, 6.45) is 7.92. The highest BCUT2D eigenvalue weighted by Gasteiger charge is 2.27. The first-order chi connectivity index (χ1) is 17.6. The largest absolute Gasteiger partial charge is 0.472 e. The molecule has 0 aliphatic carbocycles. The zero-order valence-electron chi connectivity index (χ0n) is 19.5. The van der Waals surface area contributed by atoms with Gasteiger partial charge in [0.2, 0.25) is 0 Å². The van der Waals surface area contributed by atoms with Crippen molar-refractivity contribution >= 4 is 34.3 Å². The van der Waals surface area contributed by atoms with Crippen LogP contribution in [0.25, 0.3) is 11.0 Å². The van der Waals surface area contributed by atoms with Gasteiger partial charge in [0.25, 0.3) is 5.91 Å². The van der Waals surface area contributed by atoms with Gasteiger partial charge in [0.05, 0.1) is 36.5 Å². The van der Waals surface area contributed by atoms with Crippen LogP contribution in [0.5, 0.6) is 0 Å². The number of nitrogens with one attached hydrogen (secondary N) is 2. The van der Waals surface area contributed by atoms with Crippen molar-refractivity contribution in [1.29, 1.82) is 0 Å². The molecule has 0 saturated heterocycles. The minimum atomic E-state index is -0.585. The summed E-state index contributed by atoms with van der Waals surface area (Å²) in [6.45, 7) is 0.918. The molecule has 4 heterocycles. The molecule has 5 aromatic rings. The van der Waals surface area contributed by atoms with Crippen LogP contribution < -0.4 is 10.6 Å². The lowest BCUT2D eigenvalue weighted by molar-refractivity contribution is 0.0591. The molecule has 36 heavy (non-hydrogen) atoms. The van der Waals surface area contributed by atoms with Gasteiger partial charge in [-0.05, 0) is 35.4 Å². The number of methoxy groups -OCH3 is 1. The molecule has 0 fully saturated rings. The maximum absolute atomic E-state index is 13.0. The molecule has 0 bridgehead atoms. The lowest BCUT2D eigenvalue weighted by Gasteiger charge is -2.11. The Labute approximate surface area is 206 Å². The second-order valence-corrected chi connectivity index (χ2v) is 8.06. The molecule has 5 rings (SSSR count). The third-order valence-corrected chi connectivity index (χ3v) is 5.73. The quantitative estimate of drug-likeness (QED) is 0.308. The van der Waals surface area contributed by atoms with E-state index in [1.165, 1.54) is 19.6 Å². The topological polar surface area (TPSA) is 111 Å². The summed E-state index contributed by atoms with van der Waals surface area (Å²) < 4.78 is 11.9. The minimum absolute atomic E-state index is 0.201. The Balaban J connectivity index is 1.61. The molecule has 0 aliphatic rings. The van der Waals surface area contributed by atoms with E-state index in [4.69, 9.17) is 9.15 Å². The van der Waals surface area contributed by atoms with Crippen LogP contribution in [0.15, 0.2) is 90.1 Å². The monoisotopic (exact) mass is 481 g/mol. The highest BCUT2D eigenvalue weighted by atomic mass is 16.5. The number of carbonyl (C=O) groups is 2. The number of pyridine rings is 2. The highest BCUT2D eigenvalue weighted by molar-refractivity contribution is 6.14. The Bertz CT molecular complexity index is 1500. The number of hydrogen-bond donors (Lipinski definition) is 2. The van der Waals surface area contributed by atoms with Crippen LogP contribution in [0.3, 0.4) is 0 Å². The summed E-state index contributed by atoms with van der Waals surface area (Å²) in [4.78, 5) is 34.7. The van der Waals surface area contributed by atoms with E-state index < -0.39 is 11.9 Å². The molecule has 1 amide bonds. The van der Waals surface area contributed by atoms with Crippen LogP contribution in [-0.4, -0.2) is 33.5 Å². The van der Waals surface area contributed by atoms with Gasteiger partial charge in [0.1, 0.15) is 11.9 Å².